The Morgan fingerprint density at radius 1 is 0.489 bits per heavy atom. The van der Waals surface area contributed by atoms with Crippen LogP contribution in [0.1, 0.15) is 40.0 Å². The van der Waals surface area contributed by atoms with Gasteiger partial charge in [0.05, 0.1) is 22.8 Å². The molecule has 218 valence electrons. The maximum absolute atomic E-state index is 11.9. The van der Waals surface area contributed by atoms with E-state index in [0.717, 1.165) is 61.6 Å². The van der Waals surface area contributed by atoms with Crippen LogP contribution in [0.25, 0.3) is 68.6 Å². The van der Waals surface area contributed by atoms with Gasteiger partial charge < -0.3 is 15.1 Å². The van der Waals surface area contributed by atoms with E-state index >= 15 is 0 Å². The zero-order chi connectivity index (χ0) is 29.5. The van der Waals surface area contributed by atoms with Crippen LogP contribution in [-0.2, 0) is 16.5 Å². The van der Waals surface area contributed by atoms with E-state index in [0.29, 0.717) is 16.6 Å². The van der Waals surface area contributed by atoms with Gasteiger partial charge in [0.2, 0.25) is 0 Å². The number of hydrogen-bond donors (Lipinski definition) is 1. The van der Waals surface area contributed by atoms with Crippen LogP contribution in [0.15, 0.2) is 121 Å². The summed E-state index contributed by atoms with van der Waals surface area (Å²) >= 11 is 0. The van der Waals surface area contributed by atoms with Gasteiger partial charge in [-0.25, -0.2) is 9.97 Å². The average molecular weight is 625 g/mol. The molecular weight excluding hydrogens is 599 g/mol. The summed E-state index contributed by atoms with van der Waals surface area (Å²) in [5.74, 6) is 0. The normalized spacial score (nSPS) is 12.6. The van der Waals surface area contributed by atoms with Gasteiger partial charge >= 0.3 is 16.5 Å². The van der Waals surface area contributed by atoms with E-state index in [-0.39, 0.29) is 16.5 Å². The fraction of sp³-hybridized carbons (Fsp3) is 0.0256. The van der Waals surface area contributed by atoms with Crippen LogP contribution in [0.2, 0.25) is 0 Å². The second kappa shape index (κ2) is 12.0. The number of benzene rings is 3. The molecule has 2 aliphatic rings. The Hall–Kier alpha value is -5.29. The van der Waals surface area contributed by atoms with Crippen molar-refractivity contribution in [1.82, 2.24) is 19.9 Å². The first-order valence-corrected chi connectivity index (χ1v) is 14.6. The van der Waals surface area contributed by atoms with Crippen molar-refractivity contribution in [2.75, 3.05) is 0 Å². The van der Waals surface area contributed by atoms with Crippen molar-refractivity contribution < 1.29 is 21.6 Å². The summed E-state index contributed by atoms with van der Waals surface area (Å²) in [6.45, 7) is 0. The standard InChI is InChI=1S/C39H26N4O.Ni/c44-39(27-14-8-3-9-15-27)38-34-22-20-32(42-34)36(25-10-4-1-5-11-25)30-18-16-28(40-30)24-29-17-19-31(41-29)37(26-12-6-2-7-13-26)33-21-23-35(38)43-33;/h1-24,39,44H;/q-2;+2. The molecule has 1 unspecified atom stereocenters. The molecule has 8 rings (SSSR count). The number of rotatable bonds is 4. The molecule has 5 heterocycles. The van der Waals surface area contributed by atoms with Gasteiger partial charge in [-0.05, 0) is 63.8 Å². The van der Waals surface area contributed by atoms with E-state index in [1.165, 1.54) is 0 Å². The third-order valence-corrected chi connectivity index (χ3v) is 7.99. The third kappa shape index (κ3) is 5.36. The number of aliphatic hydroxyl groups excluding tert-OH is 1. The number of aromatic nitrogens is 4. The minimum absolute atomic E-state index is 0. The van der Waals surface area contributed by atoms with E-state index < -0.39 is 6.10 Å². The van der Waals surface area contributed by atoms with E-state index in [9.17, 15) is 5.11 Å². The maximum Gasteiger partial charge on any atom is 2.00 e. The van der Waals surface area contributed by atoms with Crippen molar-refractivity contribution in [2.24, 2.45) is 0 Å². The topological polar surface area (TPSA) is 74.2 Å². The molecule has 5 nitrogen and oxygen atoms in total. The summed E-state index contributed by atoms with van der Waals surface area (Å²) in [7, 11) is 0. The number of hydrogen-bond acceptors (Lipinski definition) is 3. The largest absolute Gasteiger partial charge is 2.00 e. The fourth-order valence-electron chi connectivity index (χ4n) is 5.93. The van der Waals surface area contributed by atoms with Crippen LogP contribution < -0.4 is 9.97 Å². The molecule has 6 aromatic rings. The Bertz CT molecular complexity index is 2100. The smallest absolute Gasteiger partial charge is 0.657 e. The Morgan fingerprint density at radius 3 is 1.38 bits per heavy atom. The SMILES string of the molecule is OC(c1ccccc1)c1c2ccc([n-]2)c(-c2ccccc2)c2nc(cc3nc(c(-c4ccccc4)c4ccc1[n-]4)C=C3)C=C2.[Ni+2]. The van der Waals surface area contributed by atoms with Crippen LogP contribution in [-0.4, -0.2) is 15.1 Å². The molecule has 3 aromatic carbocycles. The van der Waals surface area contributed by atoms with Gasteiger partial charge in [0, 0.05) is 0 Å². The Labute approximate surface area is 270 Å². The minimum Gasteiger partial charge on any atom is -0.657 e. The van der Waals surface area contributed by atoms with Crippen LogP contribution >= 0.6 is 0 Å². The molecule has 6 heteroatoms. The molecule has 2 aliphatic heterocycles. The molecule has 1 N–H and O–H groups in total. The molecule has 0 saturated heterocycles. The second-order valence-corrected chi connectivity index (χ2v) is 10.8. The molecular formula is C39H26N4NiO. The van der Waals surface area contributed by atoms with Crippen molar-refractivity contribution in [1.29, 1.82) is 0 Å². The molecule has 0 radical (unpaired) electrons. The summed E-state index contributed by atoms with van der Waals surface area (Å²) in [6, 6.07) is 39.9. The third-order valence-electron chi connectivity index (χ3n) is 7.99. The molecule has 0 amide bonds. The van der Waals surface area contributed by atoms with Gasteiger partial charge in [0.1, 0.15) is 6.10 Å². The number of fused-ring (bicyclic) bond motifs is 8. The molecule has 0 fully saturated rings. The molecule has 8 bridgehead atoms. The quantitative estimate of drug-likeness (QED) is 0.199. The van der Waals surface area contributed by atoms with Crippen molar-refractivity contribution in [3.05, 3.63) is 155 Å². The van der Waals surface area contributed by atoms with Crippen molar-refractivity contribution in [3.8, 4) is 22.3 Å². The van der Waals surface area contributed by atoms with Crippen molar-refractivity contribution in [3.63, 3.8) is 0 Å². The minimum atomic E-state index is -0.942. The fourth-order valence-corrected chi connectivity index (χ4v) is 5.93. The van der Waals surface area contributed by atoms with Crippen LogP contribution in [0, 0.1) is 0 Å². The Morgan fingerprint density at radius 2 is 0.911 bits per heavy atom. The van der Waals surface area contributed by atoms with Gasteiger partial charge in [0.15, 0.2) is 0 Å². The summed E-state index contributed by atoms with van der Waals surface area (Å²) in [4.78, 5) is 20.3. The molecule has 1 atom stereocenters. The predicted molar refractivity (Wildman–Crippen MR) is 178 cm³/mol. The summed E-state index contributed by atoms with van der Waals surface area (Å²) in [6.07, 6.45) is 7.14. The zero-order valence-electron chi connectivity index (χ0n) is 24.0. The van der Waals surface area contributed by atoms with Crippen LogP contribution in [0.4, 0.5) is 0 Å². The zero-order valence-corrected chi connectivity index (χ0v) is 25.0. The molecule has 0 aliphatic carbocycles. The van der Waals surface area contributed by atoms with E-state index in [1.54, 1.807) is 0 Å². The maximum atomic E-state index is 11.9. The number of aliphatic hydroxyl groups is 1. The number of nitrogens with zero attached hydrogens (tertiary/aromatic N) is 4. The van der Waals surface area contributed by atoms with Crippen molar-refractivity contribution >= 4 is 46.4 Å². The average Bonchev–Trinajstić information content (AvgIpc) is 3.90. The summed E-state index contributed by atoms with van der Waals surface area (Å²) in [5, 5.41) is 11.9. The summed E-state index contributed by atoms with van der Waals surface area (Å²) in [5.41, 5.74) is 11.4. The van der Waals surface area contributed by atoms with Gasteiger partial charge in [-0.3, -0.25) is 0 Å². The van der Waals surface area contributed by atoms with Gasteiger partial charge in [-0.2, -0.15) is 0 Å². The molecule has 45 heavy (non-hydrogen) atoms. The van der Waals surface area contributed by atoms with E-state index in [2.05, 4.69) is 24.3 Å². The molecule has 0 spiro atoms. The monoisotopic (exact) mass is 624 g/mol. The van der Waals surface area contributed by atoms with Gasteiger partial charge in [-0.1, -0.05) is 115 Å². The first-order chi connectivity index (χ1) is 21.7. The van der Waals surface area contributed by atoms with E-state index in [1.807, 2.05) is 121 Å². The van der Waals surface area contributed by atoms with Gasteiger partial charge in [0.25, 0.3) is 0 Å². The predicted octanol–water partition coefficient (Wildman–Crippen LogP) is 8.33. The Balaban J connectivity index is 0.00000325. The first kappa shape index (κ1) is 28.5. The Kier molecular flexibility index (Phi) is 7.60. The van der Waals surface area contributed by atoms with E-state index in [4.69, 9.17) is 19.9 Å². The van der Waals surface area contributed by atoms with Crippen LogP contribution in [0.3, 0.4) is 0 Å². The van der Waals surface area contributed by atoms with Crippen LogP contribution in [0.5, 0.6) is 0 Å². The first-order valence-electron chi connectivity index (χ1n) is 14.6. The summed E-state index contributed by atoms with van der Waals surface area (Å²) < 4.78 is 0. The second-order valence-electron chi connectivity index (χ2n) is 10.8. The molecule has 0 saturated carbocycles. The van der Waals surface area contributed by atoms with Gasteiger partial charge in [-0.15, -0.1) is 22.1 Å². The van der Waals surface area contributed by atoms with Crippen molar-refractivity contribution in [2.45, 2.75) is 6.10 Å². The molecule has 3 aromatic heterocycles.